The molecule has 8 rings (SSSR count). The fourth-order valence-corrected chi connectivity index (χ4v) is 8.36. The molecule has 0 saturated carbocycles. The molecule has 0 aliphatic carbocycles. The van der Waals surface area contributed by atoms with Gasteiger partial charge in [-0.25, -0.2) is 0 Å². The van der Waals surface area contributed by atoms with Crippen LogP contribution in [0.15, 0.2) is 164 Å². The Bertz CT molecular complexity index is 2180. The fraction of sp³-hybridized carbons (Fsp3) is 0.0263. The third-order valence-electron chi connectivity index (χ3n) is 7.99. The largest absolute Gasteiger partial charge is 0.314 e. The Balaban J connectivity index is 1.32. The Hall–Kier alpha value is -4.71. The smallest absolute Gasteiger partial charge is 0.0879 e. The maximum absolute atomic E-state index is 4.45. The van der Waals surface area contributed by atoms with E-state index in [1.54, 1.807) is 0 Å². The molecule has 6 aromatic carbocycles. The first-order valence-electron chi connectivity index (χ1n) is 14.3. The molecule has 1 aliphatic heterocycles. The highest BCUT2D eigenvalue weighted by Gasteiger charge is 2.25. The summed E-state index contributed by atoms with van der Waals surface area (Å²) in [6, 6.07) is 47.1. The van der Waals surface area contributed by atoms with E-state index in [1.165, 1.54) is 46.6 Å². The zero-order chi connectivity index (χ0) is 28.8. The van der Waals surface area contributed by atoms with Gasteiger partial charge in [-0.3, -0.25) is 9.67 Å². The summed E-state index contributed by atoms with van der Waals surface area (Å²) in [4.78, 5) is 9.60. The first kappa shape index (κ1) is 26.0. The summed E-state index contributed by atoms with van der Waals surface area (Å²) in [5.41, 5.74) is 9.29. The van der Waals surface area contributed by atoms with Gasteiger partial charge >= 0.3 is 0 Å². The van der Waals surface area contributed by atoms with Crippen LogP contribution in [0.4, 0.5) is 0 Å². The van der Waals surface area contributed by atoms with Gasteiger partial charge in [0.1, 0.15) is 0 Å². The lowest BCUT2D eigenvalue weighted by Gasteiger charge is -2.24. The Morgan fingerprint density at radius 3 is 2.07 bits per heavy atom. The Labute approximate surface area is 258 Å². The number of aromatic nitrogens is 1. The van der Waals surface area contributed by atoms with Crippen molar-refractivity contribution in [2.45, 2.75) is 25.6 Å². The van der Waals surface area contributed by atoms with Crippen LogP contribution in [0.2, 0.25) is 0 Å². The molecule has 0 spiro atoms. The van der Waals surface area contributed by atoms with Crippen LogP contribution in [0.1, 0.15) is 17.2 Å². The van der Waals surface area contributed by atoms with Crippen molar-refractivity contribution >= 4 is 68.5 Å². The van der Waals surface area contributed by atoms with Gasteiger partial charge in [-0.05, 0) is 59.0 Å². The molecule has 0 bridgehead atoms. The fourth-order valence-electron chi connectivity index (χ4n) is 5.92. The van der Waals surface area contributed by atoms with Crippen LogP contribution < -0.4 is 5.43 Å². The normalized spacial score (nSPS) is 13.5. The lowest BCUT2D eigenvalue weighted by molar-refractivity contribution is 0.812. The van der Waals surface area contributed by atoms with Gasteiger partial charge < -0.3 is 5.43 Å². The molecule has 1 atom stereocenters. The number of nitrogens with one attached hydrogen (secondary N) is 1. The van der Waals surface area contributed by atoms with E-state index in [0.29, 0.717) is 0 Å². The molecule has 5 heteroatoms. The lowest BCUT2D eigenvalue weighted by Crippen LogP contribution is -2.20. The van der Waals surface area contributed by atoms with Crippen LogP contribution >= 0.6 is 23.5 Å². The molecule has 1 aliphatic rings. The molecule has 2 heterocycles. The highest BCUT2D eigenvalue weighted by atomic mass is 32.2. The second kappa shape index (κ2) is 10.8. The van der Waals surface area contributed by atoms with Gasteiger partial charge in [0.15, 0.2) is 0 Å². The van der Waals surface area contributed by atoms with Crippen molar-refractivity contribution in [2.75, 3.05) is 5.43 Å². The van der Waals surface area contributed by atoms with E-state index >= 15 is 0 Å². The molecule has 206 valence electrons. The third-order valence-corrected chi connectivity index (χ3v) is 10.5. The van der Waals surface area contributed by atoms with E-state index in [4.69, 9.17) is 0 Å². The number of hydrogen-bond donors (Lipinski definition) is 1. The number of fused-ring (bicyclic) bond motifs is 7. The van der Waals surface area contributed by atoms with E-state index in [-0.39, 0.29) is 6.04 Å². The van der Waals surface area contributed by atoms with Gasteiger partial charge in [-0.15, -0.1) is 0 Å². The van der Waals surface area contributed by atoms with E-state index < -0.39 is 0 Å². The summed E-state index contributed by atoms with van der Waals surface area (Å²) >= 11 is 3.73. The number of hydrogen-bond acceptors (Lipinski definition) is 4. The monoisotopic (exact) mass is 589 g/mol. The van der Waals surface area contributed by atoms with Gasteiger partial charge in [0.2, 0.25) is 0 Å². The molecule has 0 amide bonds. The lowest BCUT2D eigenvalue weighted by atomic mass is 10.0. The molecule has 43 heavy (non-hydrogen) atoms. The predicted octanol–water partition coefficient (Wildman–Crippen LogP) is 10.6. The minimum atomic E-state index is -0.158. The van der Waals surface area contributed by atoms with Crippen molar-refractivity contribution in [3.63, 3.8) is 0 Å². The molecule has 3 nitrogen and oxygen atoms in total. The first-order chi connectivity index (χ1) is 21.3. The molecule has 0 radical (unpaired) electrons. The van der Waals surface area contributed by atoms with Gasteiger partial charge in [-0.2, -0.15) is 0 Å². The minimum absolute atomic E-state index is 0.158. The summed E-state index contributed by atoms with van der Waals surface area (Å²) in [7, 11) is 0. The number of nitrogens with zero attached hydrogens (tertiary/aromatic N) is 2. The van der Waals surface area contributed by atoms with Crippen molar-refractivity contribution in [3.05, 3.63) is 151 Å². The van der Waals surface area contributed by atoms with Crippen molar-refractivity contribution in [1.82, 2.24) is 4.68 Å². The van der Waals surface area contributed by atoms with Crippen molar-refractivity contribution in [1.29, 1.82) is 0 Å². The highest BCUT2D eigenvalue weighted by Crippen LogP contribution is 2.53. The van der Waals surface area contributed by atoms with E-state index in [9.17, 15) is 0 Å². The van der Waals surface area contributed by atoms with Crippen molar-refractivity contribution < 1.29 is 0 Å². The summed E-state index contributed by atoms with van der Waals surface area (Å²) in [6.45, 7) is 3.92. The van der Waals surface area contributed by atoms with Crippen molar-refractivity contribution in [3.8, 4) is 0 Å². The summed E-state index contributed by atoms with van der Waals surface area (Å²) < 4.78 is 2.29. The number of aliphatic imine (C=N–C) groups is 1. The number of para-hydroxylation sites is 1. The Morgan fingerprint density at radius 1 is 0.674 bits per heavy atom. The maximum atomic E-state index is 4.45. The second-order valence-electron chi connectivity index (χ2n) is 10.6. The Kier molecular flexibility index (Phi) is 6.55. The summed E-state index contributed by atoms with van der Waals surface area (Å²) in [5.74, 6) is 0. The van der Waals surface area contributed by atoms with Crippen LogP contribution in [0, 0.1) is 0 Å². The minimum Gasteiger partial charge on any atom is -0.314 e. The zero-order valence-electron chi connectivity index (χ0n) is 23.3. The topological polar surface area (TPSA) is 29.3 Å². The molecule has 1 unspecified atom stereocenters. The molecule has 7 aromatic rings. The third kappa shape index (κ3) is 4.62. The average Bonchev–Trinajstić information content (AvgIpc) is 3.39. The molecular formula is C38H27N3S2. The van der Waals surface area contributed by atoms with Gasteiger partial charge in [-0.1, -0.05) is 133 Å². The van der Waals surface area contributed by atoms with Crippen LogP contribution in [-0.4, -0.2) is 11.4 Å². The standard InChI is InChI=1S/C38H27N3S2/c1-39-31(25-12-4-2-5-13-25)24-32(26-14-6-3-7-15-26)40-41-33-19-11-10-18-29(33)30-20-21-34-38(37(30)41)43-36-23-28-17-9-8-16-27(28)22-35(36)42-34/h2-24,32,40H,1H2/b31-24-. The number of benzene rings is 6. The van der Waals surface area contributed by atoms with Gasteiger partial charge in [0.25, 0.3) is 0 Å². The van der Waals surface area contributed by atoms with Gasteiger partial charge in [0, 0.05) is 25.5 Å². The summed E-state index contributed by atoms with van der Waals surface area (Å²) in [5, 5.41) is 5.00. The van der Waals surface area contributed by atoms with E-state index in [1.807, 2.05) is 41.7 Å². The molecule has 0 fully saturated rings. The molecule has 1 aromatic heterocycles. The van der Waals surface area contributed by atoms with Crippen molar-refractivity contribution in [2.24, 2.45) is 4.99 Å². The van der Waals surface area contributed by atoms with Crippen LogP contribution in [0.5, 0.6) is 0 Å². The highest BCUT2D eigenvalue weighted by molar-refractivity contribution is 8.05. The summed E-state index contributed by atoms with van der Waals surface area (Å²) in [6.07, 6.45) is 2.18. The molecule has 0 saturated heterocycles. The molecular weight excluding hydrogens is 563 g/mol. The first-order valence-corrected chi connectivity index (χ1v) is 15.9. The average molecular weight is 590 g/mol. The maximum Gasteiger partial charge on any atom is 0.0879 e. The van der Waals surface area contributed by atoms with Crippen LogP contribution in [-0.2, 0) is 0 Å². The second-order valence-corrected chi connectivity index (χ2v) is 12.7. The quantitative estimate of drug-likeness (QED) is 0.196. The number of rotatable bonds is 6. The zero-order valence-corrected chi connectivity index (χ0v) is 24.9. The van der Waals surface area contributed by atoms with Crippen LogP contribution in [0.25, 0.3) is 38.3 Å². The van der Waals surface area contributed by atoms with E-state index in [2.05, 4.69) is 143 Å². The SMILES string of the molecule is C=N/C(=C\C(Nn1c2ccccc2c2ccc3c(c21)Sc1cc2ccccc2cc1S3)c1ccccc1)c1ccccc1. The van der Waals surface area contributed by atoms with Gasteiger partial charge in [0.05, 0.1) is 27.7 Å². The van der Waals surface area contributed by atoms with E-state index in [0.717, 1.165) is 22.3 Å². The predicted molar refractivity (Wildman–Crippen MR) is 184 cm³/mol. The Morgan fingerprint density at radius 2 is 1.33 bits per heavy atom. The van der Waals surface area contributed by atoms with Crippen LogP contribution in [0.3, 0.4) is 0 Å². The molecule has 1 N–H and O–H groups in total.